The third kappa shape index (κ3) is 7.43. The van der Waals surface area contributed by atoms with Crippen LogP contribution in [0.1, 0.15) is 19.8 Å². The summed E-state index contributed by atoms with van der Waals surface area (Å²) in [6.45, 7) is 6.62. The van der Waals surface area contributed by atoms with Crippen molar-refractivity contribution in [1.82, 2.24) is 10.2 Å². The van der Waals surface area contributed by atoms with Gasteiger partial charge < -0.3 is 24.6 Å². The van der Waals surface area contributed by atoms with Gasteiger partial charge in [-0.1, -0.05) is 6.07 Å². The van der Waals surface area contributed by atoms with E-state index in [0.29, 0.717) is 19.6 Å². The number of esters is 1. The number of piperazine rings is 1. The summed E-state index contributed by atoms with van der Waals surface area (Å²) in [6.07, 6.45) is 1.17. The van der Waals surface area contributed by atoms with Gasteiger partial charge in [0.2, 0.25) is 0 Å². The lowest BCUT2D eigenvalue weighted by Crippen LogP contribution is -2.52. The monoisotopic (exact) mass is 490 g/mol. The van der Waals surface area contributed by atoms with E-state index in [1.54, 1.807) is 14.2 Å². The van der Waals surface area contributed by atoms with Crippen molar-refractivity contribution in [1.29, 1.82) is 0 Å². The molecule has 1 N–H and O–H groups in total. The first-order valence-electron chi connectivity index (χ1n) is 9.18. The van der Waals surface area contributed by atoms with Crippen LogP contribution in [0.4, 0.5) is 5.69 Å². The van der Waals surface area contributed by atoms with E-state index in [4.69, 9.17) is 9.47 Å². The van der Waals surface area contributed by atoms with Crippen LogP contribution in [0.3, 0.4) is 0 Å². The summed E-state index contributed by atoms with van der Waals surface area (Å²) < 4.78 is 10.3. The number of hydrogen-bond donors (Lipinski definition) is 1. The van der Waals surface area contributed by atoms with Gasteiger partial charge in [0.15, 0.2) is 5.96 Å². The maximum Gasteiger partial charge on any atom is 0.305 e. The zero-order valence-corrected chi connectivity index (χ0v) is 18.8. The average Bonchev–Trinajstić information content (AvgIpc) is 2.68. The topological polar surface area (TPSA) is 66.4 Å². The van der Waals surface area contributed by atoms with Crippen molar-refractivity contribution >= 4 is 41.6 Å². The molecule has 8 heteroatoms. The number of aliphatic imine (C=N–C) groups is 1. The Balaban J connectivity index is 0.00000364. The number of nitrogens with one attached hydrogen (secondary N) is 1. The van der Waals surface area contributed by atoms with Gasteiger partial charge in [-0.25, -0.2) is 0 Å². The highest BCUT2D eigenvalue weighted by atomic mass is 127. The van der Waals surface area contributed by atoms with E-state index in [1.807, 2.05) is 19.1 Å². The molecule has 0 spiro atoms. The summed E-state index contributed by atoms with van der Waals surface area (Å²) >= 11 is 0. The smallest absolute Gasteiger partial charge is 0.305 e. The van der Waals surface area contributed by atoms with E-state index in [9.17, 15) is 4.79 Å². The minimum absolute atomic E-state index is 0. The molecule has 0 atom stereocenters. The molecule has 1 aliphatic rings. The number of nitrogens with zero attached hydrogens (tertiary/aromatic N) is 3. The Morgan fingerprint density at radius 1 is 1.26 bits per heavy atom. The van der Waals surface area contributed by atoms with Gasteiger partial charge in [-0.2, -0.15) is 0 Å². The molecule has 27 heavy (non-hydrogen) atoms. The van der Waals surface area contributed by atoms with Gasteiger partial charge in [0.25, 0.3) is 0 Å². The number of hydrogen-bond acceptors (Lipinski definition) is 5. The molecule has 0 aliphatic carbocycles. The molecule has 152 valence electrons. The second-order valence-electron chi connectivity index (χ2n) is 6.06. The van der Waals surface area contributed by atoms with Crippen molar-refractivity contribution in [3.63, 3.8) is 0 Å². The molecule has 1 fully saturated rings. The third-order valence-corrected chi connectivity index (χ3v) is 4.36. The minimum atomic E-state index is -0.142. The molecular formula is C19H31IN4O3. The fraction of sp³-hybridized carbons (Fsp3) is 0.579. The van der Waals surface area contributed by atoms with Gasteiger partial charge in [-0.05, 0) is 25.5 Å². The van der Waals surface area contributed by atoms with Crippen LogP contribution in [0.2, 0.25) is 0 Å². The first-order chi connectivity index (χ1) is 12.7. The maximum absolute atomic E-state index is 11.4. The van der Waals surface area contributed by atoms with Crippen molar-refractivity contribution in [3.05, 3.63) is 24.3 Å². The van der Waals surface area contributed by atoms with Crippen molar-refractivity contribution in [2.75, 3.05) is 58.4 Å². The van der Waals surface area contributed by atoms with Crippen molar-refractivity contribution in [2.24, 2.45) is 4.99 Å². The van der Waals surface area contributed by atoms with Crippen LogP contribution in [0.5, 0.6) is 5.75 Å². The van der Waals surface area contributed by atoms with Crippen LogP contribution in [0, 0.1) is 0 Å². The Hall–Kier alpha value is -1.71. The molecule has 2 rings (SSSR count). The van der Waals surface area contributed by atoms with Crippen LogP contribution in [0.15, 0.2) is 29.3 Å². The minimum Gasteiger partial charge on any atom is -0.497 e. The van der Waals surface area contributed by atoms with Gasteiger partial charge in [0.1, 0.15) is 5.75 Å². The fourth-order valence-corrected chi connectivity index (χ4v) is 2.98. The number of halogens is 1. The molecule has 0 unspecified atom stereocenters. The molecule has 0 saturated carbocycles. The zero-order chi connectivity index (χ0) is 18.8. The number of anilines is 1. The second kappa shape index (κ2) is 12.6. The zero-order valence-electron chi connectivity index (χ0n) is 16.4. The molecule has 1 aliphatic heterocycles. The van der Waals surface area contributed by atoms with E-state index in [-0.39, 0.29) is 29.9 Å². The molecule has 0 radical (unpaired) electrons. The predicted octanol–water partition coefficient (Wildman–Crippen LogP) is 2.35. The number of benzene rings is 1. The maximum atomic E-state index is 11.4. The Morgan fingerprint density at radius 2 is 2.00 bits per heavy atom. The first-order valence-corrected chi connectivity index (χ1v) is 9.18. The fourth-order valence-electron chi connectivity index (χ4n) is 2.98. The quantitative estimate of drug-likeness (QED) is 0.208. The lowest BCUT2D eigenvalue weighted by Gasteiger charge is -2.37. The Kier molecular flexibility index (Phi) is 10.9. The first kappa shape index (κ1) is 23.3. The largest absolute Gasteiger partial charge is 0.497 e. The SMILES string of the molecule is CCOC(=O)CCCNC(=NC)N1CCN(c2cccc(OC)c2)CC1.I. The number of carbonyl (C=O) groups is 1. The van der Waals surface area contributed by atoms with Crippen LogP contribution >= 0.6 is 24.0 Å². The van der Waals surface area contributed by atoms with Crippen molar-refractivity contribution in [3.8, 4) is 5.75 Å². The van der Waals surface area contributed by atoms with Crippen LogP contribution in [-0.2, 0) is 9.53 Å². The number of rotatable bonds is 7. The van der Waals surface area contributed by atoms with Crippen LogP contribution in [-0.4, -0.2) is 70.3 Å². The predicted molar refractivity (Wildman–Crippen MR) is 119 cm³/mol. The standard InChI is InChI=1S/C19H30N4O3.HI/c1-4-26-18(24)9-6-10-21-19(20-2)23-13-11-22(12-14-23)16-7-5-8-17(15-16)25-3;/h5,7-8,15H,4,6,9-14H2,1-3H3,(H,20,21);1H. The molecule has 1 aromatic rings. The molecular weight excluding hydrogens is 459 g/mol. The van der Waals surface area contributed by atoms with Crippen molar-refractivity contribution < 1.29 is 14.3 Å². The van der Waals surface area contributed by atoms with Gasteiger partial charge >= 0.3 is 5.97 Å². The highest BCUT2D eigenvalue weighted by molar-refractivity contribution is 14.0. The number of carbonyl (C=O) groups excluding carboxylic acids is 1. The Labute approximate surface area is 179 Å². The average molecular weight is 490 g/mol. The number of guanidine groups is 1. The third-order valence-electron chi connectivity index (χ3n) is 4.36. The molecule has 0 bridgehead atoms. The Morgan fingerprint density at radius 3 is 2.63 bits per heavy atom. The van der Waals surface area contributed by atoms with Gasteiger partial charge in [0.05, 0.1) is 13.7 Å². The van der Waals surface area contributed by atoms with E-state index in [0.717, 1.165) is 44.3 Å². The second-order valence-corrected chi connectivity index (χ2v) is 6.06. The molecule has 1 aromatic carbocycles. The number of ether oxygens (including phenoxy) is 2. The van der Waals surface area contributed by atoms with Gasteiger partial charge in [-0.15, -0.1) is 24.0 Å². The summed E-state index contributed by atoms with van der Waals surface area (Å²) in [4.78, 5) is 20.3. The summed E-state index contributed by atoms with van der Waals surface area (Å²) in [5.74, 6) is 1.62. The summed E-state index contributed by atoms with van der Waals surface area (Å²) in [5, 5.41) is 3.34. The van der Waals surface area contributed by atoms with Gasteiger partial charge in [-0.3, -0.25) is 9.79 Å². The van der Waals surface area contributed by atoms with Crippen LogP contribution in [0.25, 0.3) is 0 Å². The summed E-state index contributed by atoms with van der Waals surface area (Å²) in [7, 11) is 3.48. The molecule has 0 amide bonds. The van der Waals surface area contributed by atoms with E-state index < -0.39 is 0 Å². The van der Waals surface area contributed by atoms with E-state index in [2.05, 4.69) is 32.2 Å². The Bertz CT molecular complexity index is 604. The molecule has 0 aromatic heterocycles. The molecule has 1 heterocycles. The number of methoxy groups -OCH3 is 1. The van der Waals surface area contributed by atoms with E-state index in [1.165, 1.54) is 5.69 Å². The molecule has 1 saturated heterocycles. The lowest BCUT2D eigenvalue weighted by atomic mass is 10.2. The normalized spacial score (nSPS) is 14.4. The summed E-state index contributed by atoms with van der Waals surface area (Å²) in [5.41, 5.74) is 1.18. The van der Waals surface area contributed by atoms with E-state index >= 15 is 0 Å². The highest BCUT2D eigenvalue weighted by Gasteiger charge is 2.20. The van der Waals surface area contributed by atoms with Crippen molar-refractivity contribution in [2.45, 2.75) is 19.8 Å². The summed E-state index contributed by atoms with van der Waals surface area (Å²) in [6, 6.07) is 8.16. The van der Waals surface area contributed by atoms with Gasteiger partial charge in [0, 0.05) is 57.9 Å². The van der Waals surface area contributed by atoms with Crippen LogP contribution < -0.4 is 15.0 Å². The molecule has 7 nitrogen and oxygen atoms in total. The lowest BCUT2D eigenvalue weighted by molar-refractivity contribution is -0.143. The highest BCUT2D eigenvalue weighted by Crippen LogP contribution is 2.22.